The monoisotopic (exact) mass is 222 g/mol. The molecule has 0 aliphatic heterocycles. The summed E-state index contributed by atoms with van der Waals surface area (Å²) in [5.41, 5.74) is 0.909. The van der Waals surface area contributed by atoms with Crippen LogP contribution in [0.5, 0.6) is 0 Å². The van der Waals surface area contributed by atoms with Crippen LogP contribution in [-0.2, 0) is 11.2 Å². The van der Waals surface area contributed by atoms with Crippen molar-refractivity contribution < 1.29 is 9.90 Å². The number of carboxylic acid groups (broad SMARTS) is 1. The number of rotatable bonds is 4. The highest BCUT2D eigenvalue weighted by molar-refractivity contribution is 5.66. The lowest BCUT2D eigenvalue weighted by Gasteiger charge is -2.12. The molecule has 1 aromatic rings. The molecule has 1 saturated carbocycles. The van der Waals surface area contributed by atoms with Gasteiger partial charge < -0.3 is 9.67 Å². The van der Waals surface area contributed by atoms with Crippen LogP contribution >= 0.6 is 0 Å². The molecule has 0 radical (unpaired) electrons. The predicted molar refractivity (Wildman–Crippen MR) is 60.4 cm³/mol. The fourth-order valence-electron chi connectivity index (χ4n) is 2.46. The number of hydrogen-bond donors (Lipinski definition) is 1. The Hall–Kier alpha value is -1.32. The molecule has 1 fully saturated rings. The molecule has 1 aliphatic carbocycles. The number of nitrogens with zero attached hydrogens (tertiary/aromatic N) is 2. The molecule has 88 valence electrons. The van der Waals surface area contributed by atoms with Crippen LogP contribution in [0.1, 0.15) is 49.7 Å². The maximum absolute atomic E-state index is 10.5. The van der Waals surface area contributed by atoms with E-state index in [-0.39, 0.29) is 6.42 Å². The van der Waals surface area contributed by atoms with Crippen molar-refractivity contribution in [2.75, 3.05) is 0 Å². The van der Waals surface area contributed by atoms with Gasteiger partial charge in [-0.15, -0.1) is 0 Å². The summed E-state index contributed by atoms with van der Waals surface area (Å²) in [4.78, 5) is 14.9. The van der Waals surface area contributed by atoms with Gasteiger partial charge in [0, 0.05) is 18.7 Å². The number of carbonyl (C=O) groups is 1. The highest BCUT2D eigenvalue weighted by Crippen LogP contribution is 2.30. The number of aromatic nitrogens is 2. The van der Waals surface area contributed by atoms with Crippen LogP contribution in [0.15, 0.2) is 6.20 Å². The summed E-state index contributed by atoms with van der Waals surface area (Å²) in [5.74, 6) is 0.264. The van der Waals surface area contributed by atoms with Crippen LogP contribution < -0.4 is 0 Å². The Kier molecular flexibility index (Phi) is 3.27. The van der Waals surface area contributed by atoms with Gasteiger partial charge in [-0.3, -0.25) is 4.79 Å². The van der Waals surface area contributed by atoms with Gasteiger partial charge >= 0.3 is 5.97 Å². The van der Waals surface area contributed by atoms with E-state index in [0.29, 0.717) is 12.5 Å². The molecule has 1 heterocycles. The van der Waals surface area contributed by atoms with Crippen molar-refractivity contribution in [2.24, 2.45) is 0 Å². The standard InChI is InChI=1S/C12H18N2O2/c1-9-13-10(6-7-12(15)16)8-14(9)11-4-2-3-5-11/h8,11H,2-7H2,1H3,(H,15,16). The Morgan fingerprint density at radius 2 is 2.25 bits per heavy atom. The topological polar surface area (TPSA) is 55.1 Å². The molecule has 4 heteroatoms. The maximum atomic E-state index is 10.5. The van der Waals surface area contributed by atoms with Gasteiger partial charge in [0.05, 0.1) is 12.1 Å². The summed E-state index contributed by atoms with van der Waals surface area (Å²) in [6.07, 6.45) is 7.80. The second-order valence-electron chi connectivity index (χ2n) is 4.52. The smallest absolute Gasteiger partial charge is 0.303 e. The third-order valence-corrected chi connectivity index (χ3v) is 3.28. The number of aryl methyl sites for hydroxylation is 2. The van der Waals surface area contributed by atoms with Gasteiger partial charge in [0.1, 0.15) is 5.82 Å². The summed E-state index contributed by atoms with van der Waals surface area (Å²) in [6, 6.07) is 0.589. The summed E-state index contributed by atoms with van der Waals surface area (Å²) >= 11 is 0. The van der Waals surface area contributed by atoms with Gasteiger partial charge in [0.15, 0.2) is 0 Å². The van der Waals surface area contributed by atoms with Crippen LogP contribution in [0.25, 0.3) is 0 Å². The van der Waals surface area contributed by atoms with Gasteiger partial charge in [0.25, 0.3) is 0 Å². The molecule has 0 atom stereocenters. The van der Waals surface area contributed by atoms with E-state index in [4.69, 9.17) is 5.11 Å². The second kappa shape index (κ2) is 4.68. The van der Waals surface area contributed by atoms with Crippen molar-refractivity contribution >= 4 is 5.97 Å². The minimum Gasteiger partial charge on any atom is -0.481 e. The first-order valence-corrected chi connectivity index (χ1v) is 5.93. The van der Waals surface area contributed by atoms with Crippen LogP contribution in [0.4, 0.5) is 0 Å². The molecule has 0 amide bonds. The molecule has 0 aromatic carbocycles. The van der Waals surface area contributed by atoms with E-state index in [1.807, 2.05) is 13.1 Å². The van der Waals surface area contributed by atoms with Crippen LogP contribution in [-0.4, -0.2) is 20.6 Å². The normalized spacial score (nSPS) is 16.8. The fraction of sp³-hybridized carbons (Fsp3) is 0.667. The molecule has 0 bridgehead atoms. The van der Waals surface area contributed by atoms with Crippen LogP contribution in [0.2, 0.25) is 0 Å². The van der Waals surface area contributed by atoms with Gasteiger partial charge in [-0.25, -0.2) is 4.98 Å². The van der Waals surface area contributed by atoms with Gasteiger partial charge in [-0.05, 0) is 19.8 Å². The molecular formula is C12H18N2O2. The van der Waals surface area contributed by atoms with Crippen molar-refractivity contribution in [1.82, 2.24) is 9.55 Å². The summed E-state index contributed by atoms with van der Waals surface area (Å²) in [6.45, 7) is 2.00. The minimum absolute atomic E-state index is 0.168. The zero-order valence-electron chi connectivity index (χ0n) is 9.65. The van der Waals surface area contributed by atoms with Crippen LogP contribution in [0, 0.1) is 6.92 Å². The first kappa shape index (κ1) is 11.2. The highest BCUT2D eigenvalue weighted by Gasteiger charge is 2.19. The maximum Gasteiger partial charge on any atom is 0.303 e. The third kappa shape index (κ3) is 2.43. The van der Waals surface area contributed by atoms with Gasteiger partial charge in [0.2, 0.25) is 0 Å². The molecular weight excluding hydrogens is 204 g/mol. The molecule has 1 aliphatic rings. The molecule has 0 saturated heterocycles. The molecule has 0 spiro atoms. The van der Waals surface area contributed by atoms with E-state index >= 15 is 0 Å². The largest absolute Gasteiger partial charge is 0.481 e. The Morgan fingerprint density at radius 1 is 1.56 bits per heavy atom. The molecule has 16 heavy (non-hydrogen) atoms. The summed E-state index contributed by atoms with van der Waals surface area (Å²) in [7, 11) is 0. The molecule has 0 unspecified atom stereocenters. The van der Waals surface area contributed by atoms with E-state index in [0.717, 1.165) is 11.5 Å². The quantitative estimate of drug-likeness (QED) is 0.850. The SMILES string of the molecule is Cc1nc(CCC(=O)O)cn1C1CCCC1. The van der Waals surface area contributed by atoms with Gasteiger partial charge in [-0.2, -0.15) is 0 Å². The van der Waals surface area contributed by atoms with Gasteiger partial charge in [-0.1, -0.05) is 12.8 Å². The van der Waals surface area contributed by atoms with E-state index in [9.17, 15) is 4.79 Å². The number of carboxylic acids is 1. The average molecular weight is 222 g/mol. The number of hydrogen-bond acceptors (Lipinski definition) is 2. The minimum atomic E-state index is -0.756. The van der Waals surface area contributed by atoms with Crippen molar-refractivity contribution in [3.05, 3.63) is 17.7 Å². The Balaban J connectivity index is 2.05. The molecule has 1 aromatic heterocycles. The third-order valence-electron chi connectivity index (χ3n) is 3.28. The average Bonchev–Trinajstić information content (AvgIpc) is 2.83. The zero-order chi connectivity index (χ0) is 11.5. The molecule has 2 rings (SSSR count). The second-order valence-corrected chi connectivity index (χ2v) is 4.52. The van der Waals surface area contributed by atoms with E-state index in [1.165, 1.54) is 25.7 Å². The lowest BCUT2D eigenvalue weighted by molar-refractivity contribution is -0.136. The first-order chi connectivity index (χ1) is 7.66. The van der Waals surface area contributed by atoms with Crippen molar-refractivity contribution in [3.63, 3.8) is 0 Å². The van der Waals surface area contributed by atoms with E-state index in [2.05, 4.69) is 9.55 Å². The Morgan fingerprint density at radius 3 is 2.88 bits per heavy atom. The predicted octanol–water partition coefficient (Wildman–Crippen LogP) is 2.32. The van der Waals surface area contributed by atoms with Crippen LogP contribution in [0.3, 0.4) is 0 Å². The highest BCUT2D eigenvalue weighted by atomic mass is 16.4. The summed E-state index contributed by atoms with van der Waals surface area (Å²) < 4.78 is 2.23. The first-order valence-electron chi connectivity index (χ1n) is 5.93. The fourth-order valence-corrected chi connectivity index (χ4v) is 2.46. The Bertz CT molecular complexity index is 378. The van der Waals surface area contributed by atoms with Crippen molar-refractivity contribution in [2.45, 2.75) is 51.5 Å². The Labute approximate surface area is 95.3 Å². The summed E-state index contributed by atoms with van der Waals surface area (Å²) in [5, 5.41) is 8.63. The van der Waals surface area contributed by atoms with E-state index in [1.54, 1.807) is 0 Å². The van der Waals surface area contributed by atoms with Crippen molar-refractivity contribution in [1.29, 1.82) is 0 Å². The van der Waals surface area contributed by atoms with E-state index < -0.39 is 5.97 Å². The number of aliphatic carboxylic acids is 1. The van der Waals surface area contributed by atoms with Crippen molar-refractivity contribution in [3.8, 4) is 0 Å². The molecule has 1 N–H and O–H groups in total. The lowest BCUT2D eigenvalue weighted by Crippen LogP contribution is -2.05. The molecule has 4 nitrogen and oxygen atoms in total. The lowest BCUT2D eigenvalue weighted by atomic mass is 10.2. The zero-order valence-corrected chi connectivity index (χ0v) is 9.65. The number of imidazole rings is 1.